The molecule has 3 unspecified atom stereocenters. The maximum Gasteiger partial charge on any atom is 0.225 e. The van der Waals surface area contributed by atoms with Crippen LogP contribution in [0.15, 0.2) is 24.3 Å². The smallest absolute Gasteiger partial charge is 0.225 e. The van der Waals surface area contributed by atoms with Crippen LogP contribution in [0.5, 0.6) is 0 Å². The van der Waals surface area contributed by atoms with Crippen LogP contribution in [0.3, 0.4) is 0 Å². The Balaban J connectivity index is 1.52. The van der Waals surface area contributed by atoms with Gasteiger partial charge in [-0.2, -0.15) is 0 Å². The second kappa shape index (κ2) is 6.48. The number of benzene rings is 1. The molecule has 1 fully saturated rings. The van der Waals surface area contributed by atoms with Crippen molar-refractivity contribution in [2.75, 3.05) is 25.0 Å². The number of hydrogen-bond acceptors (Lipinski definition) is 3. The van der Waals surface area contributed by atoms with E-state index in [1.807, 2.05) is 12.1 Å². The van der Waals surface area contributed by atoms with E-state index in [1.165, 1.54) is 5.56 Å². The highest BCUT2D eigenvalue weighted by Crippen LogP contribution is 2.25. The molecule has 0 saturated carbocycles. The first-order chi connectivity index (χ1) is 10.3. The van der Waals surface area contributed by atoms with E-state index in [9.17, 15) is 4.79 Å². The third kappa shape index (κ3) is 3.21. The highest BCUT2D eigenvalue weighted by Gasteiger charge is 2.29. The molecule has 0 bridgehead atoms. The first-order valence-corrected chi connectivity index (χ1v) is 7.99. The number of amides is 1. The van der Waals surface area contributed by atoms with E-state index in [0.717, 1.165) is 44.6 Å². The number of anilines is 1. The molecule has 3 atom stereocenters. The van der Waals surface area contributed by atoms with Crippen molar-refractivity contribution in [1.82, 2.24) is 5.32 Å². The van der Waals surface area contributed by atoms with Gasteiger partial charge in [0.1, 0.15) is 0 Å². The maximum absolute atomic E-state index is 12.4. The molecule has 0 radical (unpaired) electrons. The predicted molar refractivity (Wildman–Crippen MR) is 83.3 cm³/mol. The van der Waals surface area contributed by atoms with E-state index in [2.05, 4.69) is 29.7 Å². The van der Waals surface area contributed by atoms with Crippen LogP contribution in [-0.2, 0) is 16.0 Å². The number of carbonyl (C=O) groups is 1. The molecule has 0 spiro atoms. The van der Waals surface area contributed by atoms with Gasteiger partial charge in [-0.1, -0.05) is 25.1 Å². The van der Waals surface area contributed by atoms with E-state index in [1.54, 1.807) is 0 Å². The van der Waals surface area contributed by atoms with Gasteiger partial charge in [-0.25, -0.2) is 0 Å². The Morgan fingerprint density at radius 3 is 3.14 bits per heavy atom. The van der Waals surface area contributed by atoms with Crippen molar-refractivity contribution in [2.45, 2.75) is 32.3 Å². The van der Waals surface area contributed by atoms with Gasteiger partial charge in [0.2, 0.25) is 5.91 Å². The zero-order chi connectivity index (χ0) is 14.7. The Kier molecular flexibility index (Phi) is 4.44. The van der Waals surface area contributed by atoms with Gasteiger partial charge in [0.25, 0.3) is 0 Å². The highest BCUT2D eigenvalue weighted by molar-refractivity contribution is 5.80. The SMILES string of the molecule is CCC1OCCC1CNC(=O)C1CNc2ccccc2C1. The number of fused-ring (bicyclic) bond motifs is 1. The van der Waals surface area contributed by atoms with Gasteiger partial charge in [-0.3, -0.25) is 4.79 Å². The molecule has 21 heavy (non-hydrogen) atoms. The third-order valence-corrected chi connectivity index (χ3v) is 4.68. The number of carbonyl (C=O) groups excluding carboxylic acids is 1. The molecular weight excluding hydrogens is 264 g/mol. The normalized spacial score (nSPS) is 27.8. The molecule has 1 saturated heterocycles. The number of nitrogens with one attached hydrogen (secondary N) is 2. The predicted octanol–water partition coefficient (Wildman–Crippen LogP) is 2.20. The van der Waals surface area contributed by atoms with Gasteiger partial charge < -0.3 is 15.4 Å². The van der Waals surface area contributed by atoms with Crippen molar-refractivity contribution in [2.24, 2.45) is 11.8 Å². The fourth-order valence-electron chi connectivity index (χ4n) is 3.38. The van der Waals surface area contributed by atoms with Crippen LogP contribution < -0.4 is 10.6 Å². The second-order valence-electron chi connectivity index (χ2n) is 6.05. The minimum Gasteiger partial charge on any atom is -0.384 e. The van der Waals surface area contributed by atoms with Crippen molar-refractivity contribution in [3.8, 4) is 0 Å². The zero-order valence-electron chi connectivity index (χ0n) is 12.6. The van der Waals surface area contributed by atoms with Crippen LogP contribution in [0.1, 0.15) is 25.3 Å². The van der Waals surface area contributed by atoms with Gasteiger partial charge in [0.15, 0.2) is 0 Å². The largest absolute Gasteiger partial charge is 0.384 e. The van der Waals surface area contributed by atoms with Crippen LogP contribution >= 0.6 is 0 Å². The van der Waals surface area contributed by atoms with Crippen molar-refractivity contribution >= 4 is 11.6 Å². The minimum atomic E-state index is 0.0299. The summed E-state index contributed by atoms with van der Waals surface area (Å²) in [7, 11) is 0. The summed E-state index contributed by atoms with van der Waals surface area (Å²) in [5, 5.41) is 6.49. The lowest BCUT2D eigenvalue weighted by Crippen LogP contribution is -2.41. The Hall–Kier alpha value is -1.55. The molecule has 2 heterocycles. The average molecular weight is 288 g/mol. The van der Waals surface area contributed by atoms with Crippen molar-refractivity contribution < 1.29 is 9.53 Å². The van der Waals surface area contributed by atoms with Gasteiger partial charge in [0.05, 0.1) is 12.0 Å². The summed E-state index contributed by atoms with van der Waals surface area (Å²) in [6.07, 6.45) is 3.23. The van der Waals surface area contributed by atoms with Crippen molar-refractivity contribution in [3.63, 3.8) is 0 Å². The molecule has 2 aliphatic heterocycles. The van der Waals surface area contributed by atoms with Crippen LogP contribution in [0, 0.1) is 11.8 Å². The second-order valence-corrected chi connectivity index (χ2v) is 6.05. The number of ether oxygens (including phenoxy) is 1. The monoisotopic (exact) mass is 288 g/mol. The lowest BCUT2D eigenvalue weighted by Gasteiger charge is -2.26. The Morgan fingerprint density at radius 1 is 1.43 bits per heavy atom. The fraction of sp³-hybridized carbons (Fsp3) is 0.588. The molecular formula is C17H24N2O2. The summed E-state index contributed by atoms with van der Waals surface area (Å²) >= 11 is 0. The molecule has 2 N–H and O–H groups in total. The Bertz CT molecular complexity index is 503. The van der Waals surface area contributed by atoms with Gasteiger partial charge >= 0.3 is 0 Å². The lowest BCUT2D eigenvalue weighted by molar-refractivity contribution is -0.124. The fourth-order valence-corrected chi connectivity index (χ4v) is 3.38. The van der Waals surface area contributed by atoms with Crippen LogP contribution in [0.4, 0.5) is 5.69 Å². The van der Waals surface area contributed by atoms with E-state index >= 15 is 0 Å². The van der Waals surface area contributed by atoms with E-state index < -0.39 is 0 Å². The third-order valence-electron chi connectivity index (χ3n) is 4.68. The van der Waals surface area contributed by atoms with Crippen molar-refractivity contribution in [1.29, 1.82) is 0 Å². The standard InChI is InChI=1S/C17H24N2O2/c1-2-16-13(7-8-21-16)10-19-17(20)14-9-12-5-3-4-6-15(12)18-11-14/h3-6,13-14,16,18H,2,7-11H2,1H3,(H,19,20). The van der Waals surface area contributed by atoms with Gasteiger partial charge in [0, 0.05) is 31.3 Å². The highest BCUT2D eigenvalue weighted by atomic mass is 16.5. The molecule has 4 nitrogen and oxygen atoms in total. The van der Waals surface area contributed by atoms with Crippen LogP contribution in [0.25, 0.3) is 0 Å². The summed E-state index contributed by atoms with van der Waals surface area (Å²) < 4.78 is 5.68. The average Bonchev–Trinajstić information content (AvgIpc) is 2.99. The van der Waals surface area contributed by atoms with Gasteiger partial charge in [-0.05, 0) is 30.9 Å². The Labute approximate surface area is 126 Å². The van der Waals surface area contributed by atoms with Crippen LogP contribution in [-0.4, -0.2) is 31.7 Å². The summed E-state index contributed by atoms with van der Waals surface area (Å²) in [4.78, 5) is 12.4. The van der Waals surface area contributed by atoms with Crippen LogP contribution in [0.2, 0.25) is 0 Å². The first kappa shape index (κ1) is 14.4. The molecule has 4 heteroatoms. The zero-order valence-corrected chi connectivity index (χ0v) is 12.6. The summed E-state index contributed by atoms with van der Waals surface area (Å²) in [6.45, 7) is 4.45. The van der Waals surface area contributed by atoms with Gasteiger partial charge in [-0.15, -0.1) is 0 Å². The summed E-state index contributed by atoms with van der Waals surface area (Å²) in [6, 6.07) is 8.23. The number of hydrogen-bond donors (Lipinski definition) is 2. The molecule has 0 aromatic heterocycles. The maximum atomic E-state index is 12.4. The molecule has 1 aromatic carbocycles. The molecule has 1 aromatic rings. The lowest BCUT2D eigenvalue weighted by atomic mass is 9.93. The van der Waals surface area contributed by atoms with Crippen molar-refractivity contribution in [3.05, 3.63) is 29.8 Å². The van der Waals surface area contributed by atoms with E-state index in [4.69, 9.17) is 4.74 Å². The first-order valence-electron chi connectivity index (χ1n) is 7.99. The topological polar surface area (TPSA) is 50.4 Å². The summed E-state index contributed by atoms with van der Waals surface area (Å²) in [5.41, 5.74) is 2.40. The van der Waals surface area contributed by atoms with E-state index in [0.29, 0.717) is 12.0 Å². The molecule has 3 rings (SSSR count). The number of para-hydroxylation sites is 1. The summed E-state index contributed by atoms with van der Waals surface area (Å²) in [5.74, 6) is 0.670. The quantitative estimate of drug-likeness (QED) is 0.893. The van der Waals surface area contributed by atoms with E-state index in [-0.39, 0.29) is 11.8 Å². The molecule has 0 aliphatic carbocycles. The molecule has 2 aliphatic rings. The Morgan fingerprint density at radius 2 is 2.29 bits per heavy atom. The molecule has 1 amide bonds. The minimum absolute atomic E-state index is 0.0299. The number of rotatable bonds is 4. The molecule has 114 valence electrons.